The number of hydrogen-bond acceptors (Lipinski definition) is 3. The van der Waals surface area contributed by atoms with E-state index in [9.17, 15) is 4.79 Å². The van der Waals surface area contributed by atoms with E-state index in [2.05, 4.69) is 17.6 Å². The molecule has 0 aromatic heterocycles. The molecule has 0 radical (unpaired) electrons. The van der Waals surface area contributed by atoms with E-state index >= 15 is 0 Å². The maximum Gasteiger partial charge on any atom is 0.335 e. The van der Waals surface area contributed by atoms with Crippen molar-refractivity contribution < 1.29 is 9.90 Å². The molecule has 1 N–H and O–H groups in total. The van der Waals surface area contributed by atoms with E-state index in [1.807, 2.05) is 24.3 Å². The monoisotopic (exact) mass is 257 g/mol. The highest BCUT2D eigenvalue weighted by Gasteiger charge is 2.00. The highest BCUT2D eigenvalue weighted by molar-refractivity contribution is 7.80. The van der Waals surface area contributed by atoms with Crippen molar-refractivity contribution in [2.45, 2.75) is 4.90 Å². The summed E-state index contributed by atoms with van der Waals surface area (Å²) in [6.07, 6.45) is 1.68. The van der Waals surface area contributed by atoms with Crippen molar-refractivity contribution in [3.8, 4) is 0 Å². The van der Waals surface area contributed by atoms with Gasteiger partial charge < -0.3 is 5.11 Å². The summed E-state index contributed by atoms with van der Waals surface area (Å²) in [7, 11) is 0. The number of rotatable bonds is 3. The molecule has 0 bridgehead atoms. The number of nitrogens with zero attached hydrogens (tertiary/aromatic N) is 1. The molecule has 4 heteroatoms. The molecule has 2 rings (SSSR count). The van der Waals surface area contributed by atoms with Crippen molar-refractivity contribution in [2.24, 2.45) is 4.99 Å². The lowest BCUT2D eigenvalue weighted by atomic mass is 10.1. The molecule has 18 heavy (non-hydrogen) atoms. The lowest BCUT2D eigenvalue weighted by molar-refractivity contribution is 0.0697. The van der Waals surface area contributed by atoms with E-state index in [0.717, 1.165) is 16.1 Å². The number of benzene rings is 2. The van der Waals surface area contributed by atoms with Crippen molar-refractivity contribution in [1.29, 1.82) is 0 Å². The number of carboxylic acid groups (broad SMARTS) is 1. The summed E-state index contributed by atoms with van der Waals surface area (Å²) in [5.74, 6) is -0.931. The van der Waals surface area contributed by atoms with Crippen LogP contribution in [0.25, 0.3) is 0 Å². The first-order valence-corrected chi connectivity index (χ1v) is 5.77. The van der Waals surface area contributed by atoms with Gasteiger partial charge in [0.25, 0.3) is 0 Å². The smallest absolute Gasteiger partial charge is 0.335 e. The van der Waals surface area contributed by atoms with Gasteiger partial charge in [-0.2, -0.15) is 0 Å². The number of aromatic carboxylic acids is 1. The molecule has 2 aromatic rings. The average Bonchev–Trinajstić information content (AvgIpc) is 2.38. The molecule has 0 saturated carbocycles. The lowest BCUT2D eigenvalue weighted by Gasteiger charge is -1.98. The van der Waals surface area contributed by atoms with Crippen LogP contribution in [-0.4, -0.2) is 17.3 Å². The molecule has 0 spiro atoms. The molecular weight excluding hydrogens is 246 g/mol. The third kappa shape index (κ3) is 2.99. The Morgan fingerprint density at radius 1 is 1.11 bits per heavy atom. The minimum absolute atomic E-state index is 0.266. The van der Waals surface area contributed by atoms with Gasteiger partial charge in [0.2, 0.25) is 0 Å². The second-order valence-electron chi connectivity index (χ2n) is 3.67. The Labute approximate surface area is 110 Å². The number of aliphatic imine (C=N–C) groups is 1. The molecular formula is C14H11NO2S. The van der Waals surface area contributed by atoms with E-state index in [1.54, 1.807) is 30.5 Å². The Morgan fingerprint density at radius 2 is 1.78 bits per heavy atom. The minimum Gasteiger partial charge on any atom is -0.478 e. The molecule has 0 fully saturated rings. The van der Waals surface area contributed by atoms with Gasteiger partial charge in [0.15, 0.2) is 0 Å². The van der Waals surface area contributed by atoms with E-state index in [0.29, 0.717) is 0 Å². The van der Waals surface area contributed by atoms with Crippen molar-refractivity contribution in [3.05, 3.63) is 59.7 Å². The Bertz CT molecular complexity index is 591. The van der Waals surface area contributed by atoms with E-state index < -0.39 is 5.97 Å². The van der Waals surface area contributed by atoms with Crippen LogP contribution in [0.15, 0.2) is 58.4 Å². The standard InChI is InChI=1S/C14H11NO2S/c16-14(17)11-7-5-10(6-8-11)9-15-12-3-1-2-4-13(12)18/h1-9,18H,(H,16,17). The number of hydrogen-bond donors (Lipinski definition) is 2. The van der Waals surface area contributed by atoms with Crippen molar-refractivity contribution in [2.75, 3.05) is 0 Å². The maximum atomic E-state index is 10.7. The largest absolute Gasteiger partial charge is 0.478 e. The highest BCUT2D eigenvalue weighted by Crippen LogP contribution is 2.21. The Balaban J connectivity index is 2.19. The summed E-state index contributed by atoms with van der Waals surface area (Å²) in [6.45, 7) is 0. The van der Waals surface area contributed by atoms with Crippen LogP contribution in [0, 0.1) is 0 Å². The first-order valence-electron chi connectivity index (χ1n) is 5.32. The summed E-state index contributed by atoms with van der Waals surface area (Å²) < 4.78 is 0. The molecule has 0 amide bonds. The van der Waals surface area contributed by atoms with Crippen LogP contribution in [0.3, 0.4) is 0 Å². The van der Waals surface area contributed by atoms with Crippen LogP contribution < -0.4 is 0 Å². The molecule has 0 atom stereocenters. The van der Waals surface area contributed by atoms with Crippen LogP contribution in [0.1, 0.15) is 15.9 Å². The van der Waals surface area contributed by atoms with Crippen LogP contribution >= 0.6 is 12.6 Å². The SMILES string of the molecule is O=C(O)c1ccc(C=Nc2ccccc2S)cc1. The van der Waals surface area contributed by atoms with Crippen LogP contribution in [0.5, 0.6) is 0 Å². The van der Waals surface area contributed by atoms with Gasteiger partial charge in [0.1, 0.15) is 0 Å². The van der Waals surface area contributed by atoms with Gasteiger partial charge >= 0.3 is 5.97 Å². The molecule has 90 valence electrons. The molecule has 3 nitrogen and oxygen atoms in total. The zero-order valence-electron chi connectivity index (χ0n) is 9.45. The topological polar surface area (TPSA) is 49.7 Å². The van der Waals surface area contributed by atoms with Crippen molar-refractivity contribution in [3.63, 3.8) is 0 Å². The maximum absolute atomic E-state index is 10.7. The zero-order valence-corrected chi connectivity index (χ0v) is 10.3. The lowest BCUT2D eigenvalue weighted by Crippen LogP contribution is -1.95. The molecule has 0 unspecified atom stereocenters. The van der Waals surface area contributed by atoms with Crippen LogP contribution in [-0.2, 0) is 0 Å². The Morgan fingerprint density at radius 3 is 2.39 bits per heavy atom. The molecule has 0 heterocycles. The molecule has 0 saturated heterocycles. The Hall–Kier alpha value is -2.07. The molecule has 0 aliphatic heterocycles. The fourth-order valence-electron chi connectivity index (χ4n) is 1.43. The fourth-order valence-corrected chi connectivity index (χ4v) is 1.65. The second-order valence-corrected chi connectivity index (χ2v) is 4.16. The summed E-state index contributed by atoms with van der Waals surface area (Å²) in [5.41, 5.74) is 1.89. The number of para-hydroxylation sites is 1. The summed E-state index contributed by atoms with van der Waals surface area (Å²) >= 11 is 4.30. The first kappa shape index (κ1) is 12.4. The van der Waals surface area contributed by atoms with Crippen LogP contribution in [0.2, 0.25) is 0 Å². The third-order valence-electron chi connectivity index (χ3n) is 2.39. The van der Waals surface area contributed by atoms with E-state index in [4.69, 9.17) is 5.11 Å². The molecule has 0 aliphatic rings. The van der Waals surface area contributed by atoms with Gasteiger partial charge in [-0.25, -0.2) is 4.79 Å². The van der Waals surface area contributed by atoms with Gasteiger partial charge in [0.05, 0.1) is 11.3 Å². The third-order valence-corrected chi connectivity index (χ3v) is 2.77. The molecule has 2 aromatic carbocycles. The van der Waals surface area contributed by atoms with Crippen LogP contribution in [0.4, 0.5) is 5.69 Å². The average molecular weight is 257 g/mol. The van der Waals surface area contributed by atoms with Gasteiger partial charge in [-0.05, 0) is 29.8 Å². The number of thiol groups is 1. The molecule has 0 aliphatic carbocycles. The predicted molar refractivity (Wildman–Crippen MR) is 74.3 cm³/mol. The van der Waals surface area contributed by atoms with Gasteiger partial charge in [0, 0.05) is 11.1 Å². The van der Waals surface area contributed by atoms with Gasteiger partial charge in [-0.3, -0.25) is 4.99 Å². The number of carboxylic acids is 1. The van der Waals surface area contributed by atoms with Gasteiger partial charge in [-0.1, -0.05) is 24.3 Å². The fraction of sp³-hybridized carbons (Fsp3) is 0. The first-order chi connectivity index (χ1) is 8.66. The van der Waals surface area contributed by atoms with Gasteiger partial charge in [-0.15, -0.1) is 12.6 Å². The minimum atomic E-state index is -0.931. The highest BCUT2D eigenvalue weighted by atomic mass is 32.1. The van der Waals surface area contributed by atoms with Crippen molar-refractivity contribution >= 4 is 30.5 Å². The predicted octanol–water partition coefficient (Wildman–Crippen LogP) is 3.42. The Kier molecular flexibility index (Phi) is 3.79. The summed E-state index contributed by atoms with van der Waals surface area (Å²) in [5, 5.41) is 8.78. The quantitative estimate of drug-likeness (QED) is 0.653. The normalized spacial score (nSPS) is 10.7. The van der Waals surface area contributed by atoms with Crippen molar-refractivity contribution in [1.82, 2.24) is 0 Å². The second kappa shape index (κ2) is 5.51. The summed E-state index contributed by atoms with van der Waals surface area (Å²) in [4.78, 5) is 15.8. The number of carbonyl (C=O) groups is 1. The zero-order chi connectivity index (χ0) is 13.0. The van der Waals surface area contributed by atoms with E-state index in [1.165, 1.54) is 0 Å². The summed E-state index contributed by atoms with van der Waals surface area (Å²) in [6, 6.07) is 14.0. The van der Waals surface area contributed by atoms with E-state index in [-0.39, 0.29) is 5.56 Å².